The first-order valence-electron chi connectivity index (χ1n) is 6.71. The van der Waals surface area contributed by atoms with Crippen molar-refractivity contribution in [3.63, 3.8) is 0 Å². The molecule has 0 aliphatic heterocycles. The first-order valence-corrected chi connectivity index (χ1v) is 7.52. The maximum absolute atomic E-state index is 5.00. The monoisotopic (exact) mass is 271 g/mol. The SMILES string of the molecule is CCCN(CCC)c1ncc(CNCCOC)s1. The van der Waals surface area contributed by atoms with Gasteiger partial charge in [-0.3, -0.25) is 0 Å². The van der Waals surface area contributed by atoms with Crippen molar-refractivity contribution in [1.82, 2.24) is 10.3 Å². The van der Waals surface area contributed by atoms with Crippen LogP contribution >= 0.6 is 11.3 Å². The lowest BCUT2D eigenvalue weighted by molar-refractivity contribution is 0.199. The highest BCUT2D eigenvalue weighted by Crippen LogP contribution is 2.22. The minimum atomic E-state index is 0.753. The average molecular weight is 271 g/mol. The molecule has 0 fully saturated rings. The number of rotatable bonds is 10. The molecule has 5 heteroatoms. The molecular weight excluding hydrogens is 246 g/mol. The van der Waals surface area contributed by atoms with Crippen LogP contribution in [0.2, 0.25) is 0 Å². The van der Waals surface area contributed by atoms with Crippen LogP contribution < -0.4 is 10.2 Å². The summed E-state index contributed by atoms with van der Waals surface area (Å²) >= 11 is 1.79. The Bertz CT molecular complexity index is 311. The number of methoxy groups -OCH3 is 1. The van der Waals surface area contributed by atoms with Gasteiger partial charge in [-0.05, 0) is 12.8 Å². The van der Waals surface area contributed by atoms with E-state index in [9.17, 15) is 0 Å². The fourth-order valence-electron chi connectivity index (χ4n) is 1.75. The van der Waals surface area contributed by atoms with E-state index < -0.39 is 0 Å². The van der Waals surface area contributed by atoms with Gasteiger partial charge in [0.15, 0.2) is 5.13 Å². The lowest BCUT2D eigenvalue weighted by atomic mass is 10.4. The zero-order valence-electron chi connectivity index (χ0n) is 11.7. The van der Waals surface area contributed by atoms with Crippen LogP contribution in [0.5, 0.6) is 0 Å². The topological polar surface area (TPSA) is 37.4 Å². The molecule has 0 bridgehead atoms. The summed E-state index contributed by atoms with van der Waals surface area (Å²) in [5.41, 5.74) is 0. The third-order valence-corrected chi connectivity index (χ3v) is 3.64. The van der Waals surface area contributed by atoms with Crippen LogP contribution in [0, 0.1) is 0 Å². The number of anilines is 1. The van der Waals surface area contributed by atoms with Crippen LogP contribution in [0.3, 0.4) is 0 Å². The lowest BCUT2D eigenvalue weighted by Crippen LogP contribution is -2.24. The van der Waals surface area contributed by atoms with Crippen LogP contribution in [-0.2, 0) is 11.3 Å². The van der Waals surface area contributed by atoms with Crippen molar-refractivity contribution in [2.45, 2.75) is 33.2 Å². The molecule has 18 heavy (non-hydrogen) atoms. The van der Waals surface area contributed by atoms with E-state index in [4.69, 9.17) is 4.74 Å². The summed E-state index contributed by atoms with van der Waals surface area (Å²) in [6.07, 6.45) is 4.32. The molecule has 104 valence electrons. The van der Waals surface area contributed by atoms with E-state index >= 15 is 0 Å². The normalized spacial score (nSPS) is 10.8. The highest BCUT2D eigenvalue weighted by Gasteiger charge is 2.09. The minimum absolute atomic E-state index is 0.753. The molecular formula is C13H25N3OS. The standard InChI is InChI=1S/C13H25N3OS/c1-4-7-16(8-5-2)13-15-11-12(18-13)10-14-6-9-17-3/h11,14H,4-10H2,1-3H3. The molecule has 4 nitrogen and oxygen atoms in total. The van der Waals surface area contributed by atoms with Crippen LogP contribution in [-0.4, -0.2) is 38.3 Å². The van der Waals surface area contributed by atoms with Gasteiger partial charge in [0, 0.05) is 44.4 Å². The van der Waals surface area contributed by atoms with Gasteiger partial charge in [0.2, 0.25) is 0 Å². The second-order valence-corrected chi connectivity index (χ2v) is 5.36. The largest absolute Gasteiger partial charge is 0.383 e. The molecule has 0 aromatic carbocycles. The summed E-state index contributed by atoms with van der Waals surface area (Å²) in [5, 5.41) is 4.50. The average Bonchev–Trinajstić information content (AvgIpc) is 2.83. The van der Waals surface area contributed by atoms with Gasteiger partial charge in [0.05, 0.1) is 6.61 Å². The van der Waals surface area contributed by atoms with E-state index in [2.05, 4.69) is 29.0 Å². The fourth-order valence-corrected chi connectivity index (χ4v) is 2.69. The predicted octanol–water partition coefficient (Wildman–Crippen LogP) is 2.51. The smallest absolute Gasteiger partial charge is 0.185 e. The predicted molar refractivity (Wildman–Crippen MR) is 78.5 cm³/mol. The number of aromatic nitrogens is 1. The third-order valence-electron chi connectivity index (χ3n) is 2.58. The first kappa shape index (κ1) is 15.4. The molecule has 1 N–H and O–H groups in total. The summed E-state index contributed by atoms with van der Waals surface area (Å²) in [6.45, 7) is 9.14. The second kappa shape index (κ2) is 9.30. The molecule has 1 aromatic rings. The molecule has 0 spiro atoms. The fraction of sp³-hybridized carbons (Fsp3) is 0.769. The van der Waals surface area contributed by atoms with Crippen molar-refractivity contribution in [2.24, 2.45) is 0 Å². The van der Waals surface area contributed by atoms with Crippen LogP contribution in [0.25, 0.3) is 0 Å². The Morgan fingerprint density at radius 1 is 1.33 bits per heavy atom. The van der Waals surface area contributed by atoms with E-state index in [1.165, 1.54) is 17.7 Å². The zero-order chi connectivity index (χ0) is 13.2. The molecule has 1 rings (SSSR count). The molecule has 0 saturated carbocycles. The van der Waals surface area contributed by atoms with Gasteiger partial charge in [-0.1, -0.05) is 13.8 Å². The Morgan fingerprint density at radius 3 is 2.67 bits per heavy atom. The minimum Gasteiger partial charge on any atom is -0.383 e. The van der Waals surface area contributed by atoms with Crippen molar-refractivity contribution in [3.05, 3.63) is 11.1 Å². The molecule has 0 radical (unpaired) electrons. The highest BCUT2D eigenvalue weighted by atomic mass is 32.1. The number of ether oxygens (including phenoxy) is 1. The summed E-state index contributed by atoms with van der Waals surface area (Å²) < 4.78 is 5.00. The third kappa shape index (κ3) is 5.33. The number of nitrogens with one attached hydrogen (secondary N) is 1. The molecule has 0 aliphatic rings. The Hall–Kier alpha value is -0.650. The summed E-state index contributed by atoms with van der Waals surface area (Å²) in [5.74, 6) is 0. The van der Waals surface area contributed by atoms with Gasteiger partial charge in [0.1, 0.15) is 0 Å². The Morgan fingerprint density at radius 2 is 2.06 bits per heavy atom. The summed E-state index contributed by atoms with van der Waals surface area (Å²) in [7, 11) is 1.72. The molecule has 0 aliphatic carbocycles. The van der Waals surface area contributed by atoms with E-state index in [-0.39, 0.29) is 0 Å². The van der Waals surface area contributed by atoms with Crippen LogP contribution in [0.4, 0.5) is 5.13 Å². The lowest BCUT2D eigenvalue weighted by Gasteiger charge is -2.19. The maximum Gasteiger partial charge on any atom is 0.185 e. The summed E-state index contributed by atoms with van der Waals surface area (Å²) in [4.78, 5) is 8.19. The van der Waals surface area contributed by atoms with E-state index in [1.54, 1.807) is 18.4 Å². The molecule has 1 aromatic heterocycles. The quantitative estimate of drug-likeness (QED) is 0.664. The van der Waals surface area contributed by atoms with Gasteiger partial charge >= 0.3 is 0 Å². The maximum atomic E-state index is 5.00. The van der Waals surface area contributed by atoms with Crippen molar-refractivity contribution >= 4 is 16.5 Å². The first-order chi connectivity index (χ1) is 8.81. The Balaban J connectivity index is 2.44. The van der Waals surface area contributed by atoms with E-state index in [0.29, 0.717) is 0 Å². The van der Waals surface area contributed by atoms with Crippen molar-refractivity contribution in [1.29, 1.82) is 0 Å². The van der Waals surface area contributed by atoms with Crippen molar-refractivity contribution < 1.29 is 4.74 Å². The molecule has 0 unspecified atom stereocenters. The number of hydrogen-bond acceptors (Lipinski definition) is 5. The van der Waals surface area contributed by atoms with Crippen molar-refractivity contribution in [2.75, 3.05) is 38.3 Å². The van der Waals surface area contributed by atoms with E-state index in [0.717, 1.165) is 37.9 Å². The van der Waals surface area contributed by atoms with Gasteiger partial charge < -0.3 is 15.0 Å². The van der Waals surface area contributed by atoms with Crippen LogP contribution in [0.1, 0.15) is 31.6 Å². The molecule has 0 amide bonds. The summed E-state index contributed by atoms with van der Waals surface area (Å²) in [6, 6.07) is 0. The highest BCUT2D eigenvalue weighted by molar-refractivity contribution is 7.15. The number of hydrogen-bond donors (Lipinski definition) is 1. The van der Waals surface area contributed by atoms with Crippen LogP contribution in [0.15, 0.2) is 6.20 Å². The Kier molecular flexibility index (Phi) is 7.96. The number of nitrogens with zero attached hydrogens (tertiary/aromatic N) is 2. The van der Waals surface area contributed by atoms with Gasteiger partial charge in [-0.25, -0.2) is 4.98 Å². The van der Waals surface area contributed by atoms with Crippen molar-refractivity contribution in [3.8, 4) is 0 Å². The van der Waals surface area contributed by atoms with Gasteiger partial charge in [-0.15, -0.1) is 11.3 Å². The number of thiazole rings is 1. The zero-order valence-corrected chi connectivity index (χ0v) is 12.6. The molecule has 1 heterocycles. The van der Waals surface area contributed by atoms with Gasteiger partial charge in [0.25, 0.3) is 0 Å². The molecule has 0 atom stereocenters. The molecule has 0 saturated heterocycles. The van der Waals surface area contributed by atoms with E-state index in [1.807, 2.05) is 6.20 Å². The van der Waals surface area contributed by atoms with Gasteiger partial charge in [-0.2, -0.15) is 0 Å². The second-order valence-electron chi connectivity index (χ2n) is 4.27. The Labute approximate surface area is 114 Å².